The normalized spacial score (nSPS) is 13.2. The average molecular weight is 575 g/mol. The summed E-state index contributed by atoms with van der Waals surface area (Å²) in [4.78, 5) is 44.2. The quantitative estimate of drug-likeness (QED) is 0.186. The minimum atomic E-state index is -0.616. The number of halogens is 1. The summed E-state index contributed by atoms with van der Waals surface area (Å²) in [6, 6.07) is 18.0. The van der Waals surface area contributed by atoms with E-state index in [1.165, 1.54) is 23.5 Å². The third-order valence-electron chi connectivity index (χ3n) is 6.14. The summed E-state index contributed by atoms with van der Waals surface area (Å²) in [6.45, 7) is 3.67. The van der Waals surface area contributed by atoms with Crippen molar-refractivity contribution in [2.24, 2.45) is 0 Å². The monoisotopic (exact) mass is 574 g/mol. The van der Waals surface area contributed by atoms with E-state index in [1.807, 2.05) is 19.1 Å². The maximum absolute atomic E-state index is 13.1. The van der Waals surface area contributed by atoms with Crippen LogP contribution in [0.25, 0.3) is 11.3 Å². The van der Waals surface area contributed by atoms with E-state index < -0.39 is 17.7 Å². The zero-order valence-corrected chi connectivity index (χ0v) is 22.7. The zero-order valence-electron chi connectivity index (χ0n) is 21.1. The Labute approximate surface area is 237 Å². The molecule has 1 aliphatic heterocycles. The second kappa shape index (κ2) is 10.9. The summed E-state index contributed by atoms with van der Waals surface area (Å²) in [5.41, 5.74) is 4.05. The number of hydrogen-bond acceptors (Lipinski definition) is 9. The molecule has 4 aromatic rings. The van der Waals surface area contributed by atoms with Gasteiger partial charge in [0.25, 0.3) is 17.7 Å². The molecule has 3 amide bonds. The van der Waals surface area contributed by atoms with Crippen LogP contribution in [0.3, 0.4) is 0 Å². The van der Waals surface area contributed by atoms with Crippen LogP contribution in [0.15, 0.2) is 82.8 Å². The molecule has 202 valence electrons. The van der Waals surface area contributed by atoms with Gasteiger partial charge in [0, 0.05) is 22.2 Å². The predicted molar refractivity (Wildman–Crippen MR) is 154 cm³/mol. The number of benzene rings is 3. The van der Waals surface area contributed by atoms with Crippen LogP contribution in [0.1, 0.15) is 21.5 Å². The molecule has 1 aliphatic rings. The van der Waals surface area contributed by atoms with Crippen molar-refractivity contribution in [3.05, 3.63) is 105 Å². The predicted octanol–water partition coefficient (Wildman–Crippen LogP) is 5.81. The van der Waals surface area contributed by atoms with Crippen molar-refractivity contribution in [2.75, 3.05) is 20.8 Å². The Kier molecular flexibility index (Phi) is 7.37. The van der Waals surface area contributed by atoms with Gasteiger partial charge in [-0.3, -0.25) is 24.9 Å². The van der Waals surface area contributed by atoms with Crippen molar-refractivity contribution in [1.82, 2.24) is 4.98 Å². The number of rotatable bonds is 7. The molecule has 0 unspecified atom stereocenters. The fraction of sp³-hybridized carbons (Fsp3) is 0.0714. The molecule has 0 bridgehead atoms. The van der Waals surface area contributed by atoms with Crippen LogP contribution in [0.2, 0.25) is 0 Å². The number of aromatic nitrogens is 1. The molecule has 5 rings (SSSR count). The summed E-state index contributed by atoms with van der Waals surface area (Å²) in [5, 5.41) is 27.5. The minimum Gasteiger partial charge on any atom is -0.733 e. The maximum Gasteiger partial charge on any atom is 0.283 e. The number of imide groups is 1. The first kappa shape index (κ1) is 27.0. The Morgan fingerprint density at radius 1 is 1.05 bits per heavy atom. The lowest BCUT2D eigenvalue weighted by atomic mass is 10.1. The Morgan fingerprint density at radius 3 is 2.52 bits per heavy atom. The molecule has 0 saturated carbocycles. The number of thiazole rings is 1. The number of amides is 3. The van der Waals surface area contributed by atoms with Gasteiger partial charge in [0.1, 0.15) is 10.7 Å². The van der Waals surface area contributed by atoms with Gasteiger partial charge in [0.2, 0.25) is 0 Å². The minimum absolute atomic E-state index is 0.0505. The first-order valence-corrected chi connectivity index (χ1v) is 13.1. The first-order chi connectivity index (χ1) is 19.1. The highest BCUT2D eigenvalue weighted by Crippen LogP contribution is 2.33. The summed E-state index contributed by atoms with van der Waals surface area (Å²) in [5.74, 6) is -1.60. The molecule has 0 aliphatic carbocycles. The first-order valence-electron chi connectivity index (χ1n) is 11.9. The van der Waals surface area contributed by atoms with Gasteiger partial charge in [-0.25, -0.2) is 9.88 Å². The number of aryl methyl sites for hydroxylation is 2. The van der Waals surface area contributed by atoms with Gasteiger partial charge in [-0.15, -0.1) is 11.3 Å². The van der Waals surface area contributed by atoms with Crippen molar-refractivity contribution in [3.63, 3.8) is 0 Å². The van der Waals surface area contributed by atoms with E-state index >= 15 is 0 Å². The molecular formula is C28H21ClN5O5S-. The topological polar surface area (TPSA) is 138 Å². The van der Waals surface area contributed by atoms with Crippen molar-refractivity contribution in [2.45, 2.75) is 13.8 Å². The summed E-state index contributed by atoms with van der Waals surface area (Å²) in [6.07, 6.45) is 0. The number of anilines is 4. The summed E-state index contributed by atoms with van der Waals surface area (Å²) in [7, 11) is 0. The molecule has 3 aromatic carbocycles. The molecule has 0 fully saturated rings. The van der Waals surface area contributed by atoms with Gasteiger partial charge in [0.15, 0.2) is 5.13 Å². The number of carbonyl (C=O) groups is 3. The lowest BCUT2D eigenvalue weighted by Gasteiger charge is -2.21. The van der Waals surface area contributed by atoms with Gasteiger partial charge in [-0.2, -0.15) is 0 Å². The van der Waals surface area contributed by atoms with E-state index in [0.717, 1.165) is 16.0 Å². The lowest BCUT2D eigenvalue weighted by Crippen LogP contribution is -2.32. The van der Waals surface area contributed by atoms with Crippen LogP contribution in [0, 0.1) is 19.1 Å². The van der Waals surface area contributed by atoms with Crippen LogP contribution in [-0.4, -0.2) is 27.9 Å². The average Bonchev–Trinajstić information content (AvgIpc) is 3.49. The van der Waals surface area contributed by atoms with Crippen molar-refractivity contribution in [3.8, 4) is 11.3 Å². The molecule has 0 saturated heterocycles. The van der Waals surface area contributed by atoms with Crippen molar-refractivity contribution < 1.29 is 19.6 Å². The standard InChI is InChI=1S/C28H21ClN5O5S/c1-15-6-7-16(2)22(12-15)33-26(36)23(29)24(27(33)37)30-19-10-8-17(9-11-19)25(35)32-28-31-21(14-40-28)18-4-3-5-20(13-18)34(38)39/h3-14,30,38H,1-2H3,(H,31,32,35)/q-1. The highest BCUT2D eigenvalue weighted by molar-refractivity contribution is 7.14. The number of nitrogens with one attached hydrogen (secondary N) is 2. The fourth-order valence-electron chi connectivity index (χ4n) is 4.06. The number of carbonyl (C=O) groups excluding carboxylic acids is 3. The Morgan fingerprint density at radius 2 is 1.80 bits per heavy atom. The molecule has 0 radical (unpaired) electrons. The van der Waals surface area contributed by atoms with E-state index in [9.17, 15) is 19.6 Å². The second-order valence-electron chi connectivity index (χ2n) is 8.94. The molecule has 3 N–H and O–H groups in total. The van der Waals surface area contributed by atoms with Gasteiger partial charge < -0.3 is 15.8 Å². The number of hydrogen-bond donors (Lipinski definition) is 3. The Balaban J connectivity index is 1.27. The zero-order chi connectivity index (χ0) is 28.6. The third-order valence-corrected chi connectivity index (χ3v) is 7.25. The largest absolute Gasteiger partial charge is 0.733 e. The van der Waals surface area contributed by atoms with Crippen molar-refractivity contribution >= 4 is 62.9 Å². The van der Waals surface area contributed by atoms with Crippen LogP contribution < -0.4 is 20.8 Å². The van der Waals surface area contributed by atoms with E-state index in [0.29, 0.717) is 33.3 Å². The van der Waals surface area contributed by atoms with E-state index in [1.54, 1.807) is 54.8 Å². The molecular weight excluding hydrogens is 554 g/mol. The third kappa shape index (κ3) is 5.31. The number of nitrogens with zero attached hydrogens (tertiary/aromatic N) is 3. The van der Waals surface area contributed by atoms with Gasteiger partial charge in [-0.05, 0) is 67.4 Å². The molecule has 12 heteroatoms. The van der Waals surface area contributed by atoms with Crippen LogP contribution >= 0.6 is 22.9 Å². The van der Waals surface area contributed by atoms with E-state index in [2.05, 4.69) is 15.6 Å². The van der Waals surface area contributed by atoms with Crippen LogP contribution in [0.4, 0.5) is 22.2 Å². The maximum atomic E-state index is 13.1. The van der Waals surface area contributed by atoms with E-state index in [-0.39, 0.29) is 21.6 Å². The molecule has 1 aromatic heterocycles. The van der Waals surface area contributed by atoms with Gasteiger partial charge in [-0.1, -0.05) is 35.9 Å². The Hall–Kier alpha value is -4.55. The van der Waals surface area contributed by atoms with E-state index in [4.69, 9.17) is 16.8 Å². The van der Waals surface area contributed by atoms with Gasteiger partial charge >= 0.3 is 0 Å². The molecule has 2 heterocycles. The SMILES string of the molecule is Cc1ccc(C)c(N2C(=O)C(Cl)=C(Nc3ccc(C(=O)Nc4nc(-c5cccc(N([O-])O)c5)cs4)cc3)C2=O)c1. The summed E-state index contributed by atoms with van der Waals surface area (Å²) >= 11 is 7.46. The second-order valence-corrected chi connectivity index (χ2v) is 10.2. The lowest BCUT2D eigenvalue weighted by molar-refractivity contribution is -0.120. The summed E-state index contributed by atoms with van der Waals surface area (Å²) < 4.78 is 0. The fourth-order valence-corrected chi connectivity index (χ4v) is 4.98. The highest BCUT2D eigenvalue weighted by Gasteiger charge is 2.39. The smallest absolute Gasteiger partial charge is 0.283 e. The molecule has 0 spiro atoms. The van der Waals surface area contributed by atoms with Crippen molar-refractivity contribution in [1.29, 1.82) is 0 Å². The Bertz CT molecular complexity index is 1680. The molecule has 10 nitrogen and oxygen atoms in total. The highest BCUT2D eigenvalue weighted by atomic mass is 35.5. The van der Waals surface area contributed by atoms with Crippen LogP contribution in [-0.2, 0) is 9.59 Å². The van der Waals surface area contributed by atoms with Gasteiger partial charge in [0.05, 0.1) is 17.1 Å². The molecule has 0 atom stereocenters. The molecule has 40 heavy (non-hydrogen) atoms. The van der Waals surface area contributed by atoms with Crippen LogP contribution in [0.5, 0.6) is 0 Å².